The summed E-state index contributed by atoms with van der Waals surface area (Å²) >= 11 is 0. The van der Waals surface area contributed by atoms with Crippen molar-refractivity contribution >= 4 is 11.9 Å². The molecule has 0 bridgehead atoms. The average Bonchev–Trinajstić information content (AvgIpc) is 3.08. The van der Waals surface area contributed by atoms with Crippen LogP contribution in [0.5, 0.6) is 0 Å². The molecule has 7 heteroatoms. The SMILES string of the molecule is Cc1ccc(C(=O)NCCNC(=O)N[C@H](C)[C@H]2CCCO2)cc1F. The number of halogens is 1. The zero-order valence-corrected chi connectivity index (χ0v) is 14.0. The maximum Gasteiger partial charge on any atom is 0.315 e. The average molecular weight is 337 g/mol. The van der Waals surface area contributed by atoms with Crippen LogP contribution in [-0.4, -0.2) is 43.8 Å². The van der Waals surface area contributed by atoms with E-state index in [1.807, 2.05) is 6.92 Å². The summed E-state index contributed by atoms with van der Waals surface area (Å²) in [6.07, 6.45) is 2.03. The van der Waals surface area contributed by atoms with Crippen LogP contribution in [0.2, 0.25) is 0 Å². The van der Waals surface area contributed by atoms with Crippen LogP contribution < -0.4 is 16.0 Å². The maximum absolute atomic E-state index is 13.4. The Morgan fingerprint density at radius 2 is 2.08 bits per heavy atom. The molecule has 0 aromatic heterocycles. The lowest BCUT2D eigenvalue weighted by molar-refractivity contribution is 0.0860. The normalized spacial score (nSPS) is 18.0. The molecule has 0 radical (unpaired) electrons. The molecule has 1 fully saturated rings. The standard InChI is InChI=1S/C17H24FN3O3/c1-11-5-6-13(10-14(11)18)16(22)19-7-8-20-17(23)21-12(2)15-4-3-9-24-15/h5-6,10,12,15H,3-4,7-9H2,1-2H3,(H,19,22)(H2,20,21,23)/t12-,15-/m1/s1. The highest BCUT2D eigenvalue weighted by Gasteiger charge is 2.23. The van der Waals surface area contributed by atoms with Crippen molar-refractivity contribution < 1.29 is 18.7 Å². The third-order valence-corrected chi connectivity index (χ3v) is 4.01. The van der Waals surface area contributed by atoms with Crippen LogP contribution >= 0.6 is 0 Å². The van der Waals surface area contributed by atoms with Gasteiger partial charge in [0.15, 0.2) is 0 Å². The van der Waals surface area contributed by atoms with E-state index in [9.17, 15) is 14.0 Å². The van der Waals surface area contributed by atoms with Crippen molar-refractivity contribution in [3.8, 4) is 0 Å². The Morgan fingerprint density at radius 3 is 2.75 bits per heavy atom. The number of hydrogen-bond donors (Lipinski definition) is 3. The summed E-state index contributed by atoms with van der Waals surface area (Å²) in [4.78, 5) is 23.6. The van der Waals surface area contributed by atoms with Crippen molar-refractivity contribution in [3.63, 3.8) is 0 Å². The molecule has 0 unspecified atom stereocenters. The van der Waals surface area contributed by atoms with Crippen molar-refractivity contribution in [2.24, 2.45) is 0 Å². The molecular weight excluding hydrogens is 313 g/mol. The number of rotatable bonds is 6. The Hall–Kier alpha value is -2.15. The Bertz CT molecular complexity index is 588. The molecule has 1 aliphatic heterocycles. The molecule has 1 aromatic rings. The van der Waals surface area contributed by atoms with Gasteiger partial charge in [-0.05, 0) is 44.4 Å². The number of carbonyl (C=O) groups excluding carboxylic acids is 2. The van der Waals surface area contributed by atoms with Crippen LogP contribution in [0, 0.1) is 12.7 Å². The molecule has 132 valence electrons. The second-order valence-electron chi connectivity index (χ2n) is 5.96. The summed E-state index contributed by atoms with van der Waals surface area (Å²) in [7, 11) is 0. The zero-order chi connectivity index (χ0) is 17.5. The minimum atomic E-state index is -0.414. The molecule has 1 aromatic carbocycles. The van der Waals surface area contributed by atoms with Crippen LogP contribution in [0.4, 0.5) is 9.18 Å². The van der Waals surface area contributed by atoms with Gasteiger partial charge in [0, 0.05) is 25.3 Å². The van der Waals surface area contributed by atoms with E-state index in [1.54, 1.807) is 19.1 Å². The molecule has 3 amide bonds. The Balaban J connectivity index is 1.65. The lowest BCUT2D eigenvalue weighted by atomic mass is 10.1. The van der Waals surface area contributed by atoms with E-state index < -0.39 is 5.82 Å². The summed E-state index contributed by atoms with van der Waals surface area (Å²) in [5, 5.41) is 8.12. The van der Waals surface area contributed by atoms with Crippen LogP contribution in [0.1, 0.15) is 35.7 Å². The third-order valence-electron chi connectivity index (χ3n) is 4.01. The molecule has 3 N–H and O–H groups in total. The van der Waals surface area contributed by atoms with Crippen molar-refractivity contribution in [1.82, 2.24) is 16.0 Å². The Kier molecular flexibility index (Phi) is 6.54. The van der Waals surface area contributed by atoms with E-state index in [-0.39, 0.29) is 42.7 Å². The number of hydrogen-bond acceptors (Lipinski definition) is 3. The highest BCUT2D eigenvalue weighted by Crippen LogP contribution is 2.15. The molecule has 1 saturated heterocycles. The first-order chi connectivity index (χ1) is 11.5. The fourth-order valence-corrected chi connectivity index (χ4v) is 2.54. The number of nitrogens with one attached hydrogen (secondary N) is 3. The molecule has 1 heterocycles. The summed E-state index contributed by atoms with van der Waals surface area (Å²) in [6, 6.07) is 3.97. The fourth-order valence-electron chi connectivity index (χ4n) is 2.54. The van der Waals surface area contributed by atoms with Crippen molar-refractivity contribution in [3.05, 3.63) is 35.1 Å². The van der Waals surface area contributed by atoms with Gasteiger partial charge in [-0.3, -0.25) is 4.79 Å². The minimum absolute atomic E-state index is 0.0578. The van der Waals surface area contributed by atoms with E-state index in [0.29, 0.717) is 5.56 Å². The lowest BCUT2D eigenvalue weighted by Gasteiger charge is -2.20. The quantitative estimate of drug-likeness (QED) is 0.692. The maximum atomic E-state index is 13.4. The number of urea groups is 1. The summed E-state index contributed by atoms with van der Waals surface area (Å²) in [6.45, 7) is 4.82. The number of aryl methyl sites for hydroxylation is 1. The number of carbonyl (C=O) groups is 2. The van der Waals surface area contributed by atoms with Crippen LogP contribution in [-0.2, 0) is 4.74 Å². The largest absolute Gasteiger partial charge is 0.376 e. The van der Waals surface area contributed by atoms with Crippen LogP contribution in [0.25, 0.3) is 0 Å². The van der Waals surface area contributed by atoms with Crippen LogP contribution in [0.3, 0.4) is 0 Å². The predicted octanol–water partition coefficient (Wildman–Crippen LogP) is 1.73. The summed E-state index contributed by atoms with van der Waals surface area (Å²) in [5.41, 5.74) is 0.750. The first-order valence-electron chi connectivity index (χ1n) is 8.17. The number of ether oxygens (including phenoxy) is 1. The van der Waals surface area contributed by atoms with Gasteiger partial charge in [0.2, 0.25) is 0 Å². The van der Waals surface area contributed by atoms with Crippen molar-refractivity contribution in [2.75, 3.05) is 19.7 Å². The second-order valence-corrected chi connectivity index (χ2v) is 5.96. The molecule has 6 nitrogen and oxygen atoms in total. The predicted molar refractivity (Wildman–Crippen MR) is 88.4 cm³/mol. The lowest BCUT2D eigenvalue weighted by Crippen LogP contribution is -2.47. The molecule has 2 atom stereocenters. The van der Waals surface area contributed by atoms with Gasteiger partial charge in [0.25, 0.3) is 5.91 Å². The topological polar surface area (TPSA) is 79.5 Å². The summed E-state index contributed by atoms with van der Waals surface area (Å²) in [5.74, 6) is -0.785. The smallest absolute Gasteiger partial charge is 0.315 e. The molecule has 1 aliphatic rings. The van der Waals surface area contributed by atoms with E-state index in [1.165, 1.54) is 6.07 Å². The van der Waals surface area contributed by atoms with Crippen LogP contribution in [0.15, 0.2) is 18.2 Å². The first kappa shape index (κ1) is 18.2. The van der Waals surface area contributed by atoms with Crippen molar-refractivity contribution in [2.45, 2.75) is 38.8 Å². The van der Waals surface area contributed by atoms with E-state index >= 15 is 0 Å². The van der Waals surface area contributed by atoms with Gasteiger partial charge in [0.05, 0.1) is 12.1 Å². The molecule has 24 heavy (non-hydrogen) atoms. The number of benzene rings is 1. The molecular formula is C17H24FN3O3. The van der Waals surface area contributed by atoms with E-state index in [2.05, 4.69) is 16.0 Å². The third kappa shape index (κ3) is 5.19. The minimum Gasteiger partial charge on any atom is -0.376 e. The Morgan fingerprint density at radius 1 is 1.33 bits per heavy atom. The van der Waals surface area contributed by atoms with Gasteiger partial charge in [-0.25, -0.2) is 9.18 Å². The molecule has 0 spiro atoms. The van der Waals surface area contributed by atoms with Gasteiger partial charge in [0.1, 0.15) is 5.82 Å². The highest BCUT2D eigenvalue weighted by atomic mass is 19.1. The van der Waals surface area contributed by atoms with Gasteiger partial charge in [-0.2, -0.15) is 0 Å². The molecule has 0 saturated carbocycles. The number of amides is 3. The monoisotopic (exact) mass is 337 g/mol. The zero-order valence-electron chi connectivity index (χ0n) is 14.0. The molecule has 0 aliphatic carbocycles. The Labute approximate surface area is 141 Å². The van der Waals surface area contributed by atoms with Gasteiger partial charge < -0.3 is 20.7 Å². The van der Waals surface area contributed by atoms with Gasteiger partial charge in [-0.1, -0.05) is 6.07 Å². The van der Waals surface area contributed by atoms with E-state index in [4.69, 9.17) is 4.74 Å². The first-order valence-corrected chi connectivity index (χ1v) is 8.17. The van der Waals surface area contributed by atoms with E-state index in [0.717, 1.165) is 19.4 Å². The summed E-state index contributed by atoms with van der Waals surface area (Å²) < 4.78 is 18.9. The fraction of sp³-hybridized carbons (Fsp3) is 0.529. The van der Waals surface area contributed by atoms with Gasteiger partial charge >= 0.3 is 6.03 Å². The molecule has 2 rings (SSSR count). The van der Waals surface area contributed by atoms with Crippen molar-refractivity contribution in [1.29, 1.82) is 0 Å². The second kappa shape index (κ2) is 8.63. The highest BCUT2D eigenvalue weighted by molar-refractivity contribution is 5.94. The van der Waals surface area contributed by atoms with Gasteiger partial charge in [-0.15, -0.1) is 0 Å².